The quantitative estimate of drug-likeness (QED) is 0.733. The molecule has 1 rings (SSSR count). The van der Waals surface area contributed by atoms with Crippen molar-refractivity contribution in [2.24, 2.45) is 0 Å². The summed E-state index contributed by atoms with van der Waals surface area (Å²) >= 11 is 0. The molecular formula is C9H16N4O2. The molecule has 6 nitrogen and oxygen atoms in total. The van der Waals surface area contributed by atoms with Crippen LogP contribution in [0.2, 0.25) is 0 Å². The summed E-state index contributed by atoms with van der Waals surface area (Å²) in [6.45, 7) is 5.61. The molecule has 6 heteroatoms. The monoisotopic (exact) mass is 212 g/mol. The second-order valence-corrected chi connectivity index (χ2v) is 3.75. The Labute approximate surface area is 88.3 Å². The fourth-order valence-electron chi connectivity index (χ4n) is 1.36. The van der Waals surface area contributed by atoms with Gasteiger partial charge in [0.15, 0.2) is 0 Å². The van der Waals surface area contributed by atoms with Crippen LogP contribution in [-0.4, -0.2) is 37.9 Å². The Balaban J connectivity index is 2.76. The van der Waals surface area contributed by atoms with Crippen LogP contribution < -0.4 is 5.32 Å². The summed E-state index contributed by atoms with van der Waals surface area (Å²) in [7, 11) is 0. The van der Waals surface area contributed by atoms with Crippen molar-refractivity contribution in [3.8, 4) is 0 Å². The van der Waals surface area contributed by atoms with Crippen molar-refractivity contribution >= 4 is 5.97 Å². The van der Waals surface area contributed by atoms with E-state index in [1.54, 1.807) is 6.92 Å². The summed E-state index contributed by atoms with van der Waals surface area (Å²) in [5, 5.41) is 16.0. The van der Waals surface area contributed by atoms with Crippen molar-refractivity contribution in [1.82, 2.24) is 20.1 Å². The van der Waals surface area contributed by atoms with E-state index in [1.807, 2.05) is 13.8 Å². The van der Waals surface area contributed by atoms with Crippen LogP contribution in [-0.2, 0) is 4.79 Å². The molecule has 2 unspecified atom stereocenters. The average molecular weight is 212 g/mol. The molecule has 0 spiro atoms. The number of nitrogens with one attached hydrogen (secondary N) is 1. The maximum absolute atomic E-state index is 11.0. The Morgan fingerprint density at radius 1 is 1.47 bits per heavy atom. The first-order valence-electron chi connectivity index (χ1n) is 4.85. The number of hydrogen-bond acceptors (Lipinski definition) is 4. The van der Waals surface area contributed by atoms with Gasteiger partial charge in [0, 0.05) is 6.04 Å². The molecule has 0 saturated heterocycles. The van der Waals surface area contributed by atoms with Crippen LogP contribution in [0.4, 0.5) is 0 Å². The van der Waals surface area contributed by atoms with Crippen molar-refractivity contribution in [3.05, 3.63) is 12.7 Å². The summed E-state index contributed by atoms with van der Waals surface area (Å²) in [6.07, 6.45) is 2.91. The maximum Gasteiger partial charge on any atom is 0.322 e. The fraction of sp³-hybridized carbons (Fsp3) is 0.667. The molecule has 1 aromatic heterocycles. The largest absolute Gasteiger partial charge is 0.480 e. The van der Waals surface area contributed by atoms with Gasteiger partial charge in [-0.25, -0.2) is 9.67 Å². The lowest BCUT2D eigenvalue weighted by atomic mass is 10.1. The zero-order valence-electron chi connectivity index (χ0n) is 9.08. The minimum Gasteiger partial charge on any atom is -0.480 e. The van der Waals surface area contributed by atoms with Crippen LogP contribution in [0.1, 0.15) is 26.8 Å². The van der Waals surface area contributed by atoms with E-state index in [4.69, 9.17) is 5.11 Å². The minimum atomic E-state index is -0.883. The van der Waals surface area contributed by atoms with E-state index in [0.29, 0.717) is 0 Å². The van der Waals surface area contributed by atoms with Crippen molar-refractivity contribution < 1.29 is 9.90 Å². The zero-order valence-corrected chi connectivity index (χ0v) is 9.08. The lowest BCUT2D eigenvalue weighted by Crippen LogP contribution is -2.46. The van der Waals surface area contributed by atoms with Crippen molar-refractivity contribution in [2.45, 2.75) is 38.9 Å². The molecule has 0 saturated carbocycles. The number of nitrogens with zero attached hydrogens (tertiary/aromatic N) is 3. The minimum absolute atomic E-state index is 0.108. The van der Waals surface area contributed by atoms with Crippen molar-refractivity contribution in [2.75, 3.05) is 0 Å². The van der Waals surface area contributed by atoms with E-state index in [-0.39, 0.29) is 12.1 Å². The summed E-state index contributed by atoms with van der Waals surface area (Å²) in [4.78, 5) is 14.8. The normalized spacial score (nSPS) is 15.2. The highest BCUT2D eigenvalue weighted by Gasteiger charge is 2.26. The second kappa shape index (κ2) is 4.88. The summed E-state index contributed by atoms with van der Waals surface area (Å²) in [6, 6.07) is -0.823. The van der Waals surface area contributed by atoms with E-state index in [1.165, 1.54) is 17.3 Å². The van der Waals surface area contributed by atoms with Gasteiger partial charge >= 0.3 is 5.97 Å². The number of carbonyl (C=O) groups is 1. The lowest BCUT2D eigenvalue weighted by Gasteiger charge is -2.23. The Bertz CT molecular complexity index is 310. The average Bonchev–Trinajstić information content (AvgIpc) is 2.65. The lowest BCUT2D eigenvalue weighted by molar-refractivity contribution is -0.140. The van der Waals surface area contributed by atoms with Crippen LogP contribution in [0.25, 0.3) is 0 Å². The first-order valence-corrected chi connectivity index (χ1v) is 4.85. The molecule has 0 bridgehead atoms. The number of rotatable bonds is 5. The van der Waals surface area contributed by atoms with Gasteiger partial charge in [-0.15, -0.1) is 0 Å². The molecule has 0 aliphatic heterocycles. The van der Waals surface area contributed by atoms with Crippen LogP contribution in [0.5, 0.6) is 0 Å². The molecule has 0 amide bonds. The van der Waals surface area contributed by atoms with Gasteiger partial charge in [0.2, 0.25) is 0 Å². The smallest absolute Gasteiger partial charge is 0.322 e. The highest BCUT2D eigenvalue weighted by atomic mass is 16.4. The van der Waals surface area contributed by atoms with Gasteiger partial charge in [0.25, 0.3) is 0 Å². The highest BCUT2D eigenvalue weighted by Crippen LogP contribution is 2.09. The van der Waals surface area contributed by atoms with Gasteiger partial charge in [-0.1, -0.05) is 13.8 Å². The number of hydrogen-bond donors (Lipinski definition) is 2. The Morgan fingerprint density at radius 2 is 2.13 bits per heavy atom. The molecule has 0 fully saturated rings. The van der Waals surface area contributed by atoms with Gasteiger partial charge in [-0.3, -0.25) is 4.79 Å². The first kappa shape index (κ1) is 11.6. The standard InChI is InChI=1S/C9H16N4O2/c1-6(2)12-8(9(14)15)7(3)13-5-10-4-11-13/h4-8,12H,1-3H3,(H,14,15). The molecule has 0 aromatic carbocycles. The van der Waals surface area contributed by atoms with Crippen molar-refractivity contribution in [3.63, 3.8) is 0 Å². The molecule has 0 aliphatic rings. The summed E-state index contributed by atoms with van der Waals surface area (Å²) in [5.74, 6) is -0.883. The van der Waals surface area contributed by atoms with Crippen LogP contribution in [0, 0.1) is 0 Å². The van der Waals surface area contributed by atoms with Crippen LogP contribution in [0.15, 0.2) is 12.7 Å². The molecule has 1 aromatic rings. The van der Waals surface area contributed by atoms with Crippen molar-refractivity contribution in [1.29, 1.82) is 0 Å². The Hall–Kier alpha value is -1.43. The van der Waals surface area contributed by atoms with E-state index in [9.17, 15) is 4.79 Å². The number of carboxylic acid groups (broad SMARTS) is 1. The Morgan fingerprint density at radius 3 is 2.53 bits per heavy atom. The van der Waals surface area contributed by atoms with E-state index >= 15 is 0 Å². The van der Waals surface area contributed by atoms with Gasteiger partial charge in [-0.2, -0.15) is 5.10 Å². The first-order chi connectivity index (χ1) is 7.02. The Kier molecular flexibility index (Phi) is 3.79. The summed E-state index contributed by atoms with van der Waals surface area (Å²) < 4.78 is 1.54. The van der Waals surface area contributed by atoms with Crippen LogP contribution >= 0.6 is 0 Å². The highest BCUT2D eigenvalue weighted by molar-refractivity contribution is 5.74. The maximum atomic E-state index is 11.0. The van der Waals surface area contributed by atoms with Gasteiger partial charge < -0.3 is 10.4 Å². The van der Waals surface area contributed by atoms with Gasteiger partial charge in [-0.05, 0) is 6.92 Å². The third kappa shape index (κ3) is 3.02. The van der Waals surface area contributed by atoms with Crippen LogP contribution in [0.3, 0.4) is 0 Å². The molecular weight excluding hydrogens is 196 g/mol. The molecule has 0 radical (unpaired) electrons. The van der Waals surface area contributed by atoms with E-state index in [0.717, 1.165) is 0 Å². The molecule has 2 atom stereocenters. The predicted octanol–water partition coefficient (Wildman–Crippen LogP) is 0.290. The molecule has 0 aliphatic carbocycles. The number of carboxylic acids is 1. The topological polar surface area (TPSA) is 80.0 Å². The number of aliphatic carboxylic acids is 1. The molecule has 15 heavy (non-hydrogen) atoms. The zero-order chi connectivity index (χ0) is 11.4. The van der Waals surface area contributed by atoms with Gasteiger partial charge in [0.05, 0.1) is 6.04 Å². The van der Waals surface area contributed by atoms with E-state index < -0.39 is 12.0 Å². The third-order valence-corrected chi connectivity index (χ3v) is 2.12. The SMILES string of the molecule is CC(C)NC(C(=O)O)C(C)n1cncn1. The predicted molar refractivity (Wildman–Crippen MR) is 54.4 cm³/mol. The fourth-order valence-corrected chi connectivity index (χ4v) is 1.36. The summed E-state index contributed by atoms with van der Waals surface area (Å²) in [5.41, 5.74) is 0. The van der Waals surface area contributed by atoms with Gasteiger partial charge in [0.1, 0.15) is 18.7 Å². The molecule has 1 heterocycles. The van der Waals surface area contributed by atoms with E-state index in [2.05, 4.69) is 15.4 Å². The molecule has 84 valence electrons. The molecule has 2 N–H and O–H groups in total. The number of aromatic nitrogens is 3. The third-order valence-electron chi connectivity index (χ3n) is 2.12. The second-order valence-electron chi connectivity index (χ2n) is 3.75.